The van der Waals surface area contributed by atoms with Crippen LogP contribution in [0.1, 0.15) is 36.0 Å². The van der Waals surface area contributed by atoms with Crippen molar-refractivity contribution in [1.29, 1.82) is 0 Å². The first-order valence-corrected chi connectivity index (χ1v) is 14.6. The average molecular weight is 559 g/mol. The molecule has 0 radical (unpaired) electrons. The van der Waals surface area contributed by atoms with Gasteiger partial charge in [0.15, 0.2) is 5.82 Å². The number of carbonyl (C=O) groups is 1. The number of anilines is 5. The molecule has 0 bridgehead atoms. The van der Waals surface area contributed by atoms with Gasteiger partial charge in [-0.2, -0.15) is 4.98 Å². The topological polar surface area (TPSA) is 91.8 Å². The molecule has 6 rings (SSSR count). The molecule has 0 spiro atoms. The first-order chi connectivity index (χ1) is 19.6. The van der Waals surface area contributed by atoms with Gasteiger partial charge in [-0.15, -0.1) is 11.3 Å². The zero-order valence-electron chi connectivity index (χ0n) is 22.9. The number of carbonyl (C=O) groups excluding carboxylic acids is 1. The van der Waals surface area contributed by atoms with Crippen LogP contribution in [-0.2, 0) is 4.74 Å². The summed E-state index contributed by atoms with van der Waals surface area (Å²) in [6, 6.07) is 16.1. The van der Waals surface area contributed by atoms with Crippen LogP contribution in [0.2, 0.25) is 0 Å². The molecule has 0 aliphatic carbocycles. The number of piperidine rings is 1. The molecule has 0 amide bonds. The molecule has 10 heteroatoms. The van der Waals surface area contributed by atoms with Gasteiger partial charge in [0, 0.05) is 30.9 Å². The molecule has 4 aromatic rings. The van der Waals surface area contributed by atoms with E-state index in [1.807, 2.05) is 29.6 Å². The molecule has 2 aromatic carbocycles. The third kappa shape index (κ3) is 5.41. The Morgan fingerprint density at radius 1 is 0.950 bits per heavy atom. The number of benzene rings is 2. The maximum Gasteiger partial charge on any atom is 0.339 e. The number of likely N-dealkylation sites (tertiary alicyclic amines) is 1. The fraction of sp³-hybridized carbons (Fsp3) is 0.367. The second kappa shape index (κ2) is 11.7. The van der Waals surface area contributed by atoms with Crippen LogP contribution in [0.4, 0.5) is 28.8 Å². The summed E-state index contributed by atoms with van der Waals surface area (Å²) in [5.41, 5.74) is 3.80. The number of para-hydroxylation sites is 1. The van der Waals surface area contributed by atoms with E-state index in [1.54, 1.807) is 19.2 Å². The van der Waals surface area contributed by atoms with Gasteiger partial charge in [0.2, 0.25) is 5.95 Å². The number of aromatic nitrogens is 2. The number of thiophene rings is 1. The van der Waals surface area contributed by atoms with Crippen LogP contribution in [0.3, 0.4) is 0 Å². The Balaban J connectivity index is 1.22. The smallest absolute Gasteiger partial charge is 0.339 e. The van der Waals surface area contributed by atoms with Crippen LogP contribution < -0.4 is 20.3 Å². The molecule has 0 saturated carbocycles. The Labute approximate surface area is 238 Å². The molecule has 2 N–H and O–H groups in total. The number of ether oxygens (including phenoxy) is 2. The number of hydrogen-bond donors (Lipinski definition) is 2. The highest BCUT2D eigenvalue weighted by atomic mass is 32.1. The van der Waals surface area contributed by atoms with Gasteiger partial charge in [0.25, 0.3) is 0 Å². The molecule has 0 unspecified atom stereocenters. The largest absolute Gasteiger partial charge is 0.494 e. The number of esters is 1. The molecular formula is C30H34N6O3S. The lowest BCUT2D eigenvalue weighted by Crippen LogP contribution is -2.43. The van der Waals surface area contributed by atoms with Crippen molar-refractivity contribution in [1.82, 2.24) is 14.9 Å². The van der Waals surface area contributed by atoms with E-state index in [0.717, 1.165) is 34.7 Å². The fourth-order valence-electron chi connectivity index (χ4n) is 5.71. The first kappa shape index (κ1) is 26.3. The van der Waals surface area contributed by atoms with Gasteiger partial charge < -0.3 is 29.9 Å². The standard InChI is InChI=1S/C30H34N6O3S/c1-38-26-19-21(36-16-11-20(12-17-36)35-14-5-6-15-35)9-10-24(26)32-30-33-25-13-18-40-27(25)28(34-30)31-23-8-4-3-7-22(23)29(37)39-2/h3-4,7-10,13,18-20H,5-6,11-12,14-17H2,1-2H3,(H2,31,32,33,34). The van der Waals surface area contributed by atoms with Gasteiger partial charge in [0.05, 0.1) is 41.4 Å². The summed E-state index contributed by atoms with van der Waals surface area (Å²) in [6.07, 6.45) is 5.08. The summed E-state index contributed by atoms with van der Waals surface area (Å²) in [6.45, 7) is 4.62. The zero-order chi connectivity index (χ0) is 27.5. The summed E-state index contributed by atoms with van der Waals surface area (Å²) in [7, 11) is 3.06. The number of methoxy groups -OCH3 is 2. The van der Waals surface area contributed by atoms with Crippen molar-refractivity contribution in [2.24, 2.45) is 0 Å². The number of rotatable bonds is 8. The van der Waals surface area contributed by atoms with Gasteiger partial charge in [-0.1, -0.05) is 12.1 Å². The van der Waals surface area contributed by atoms with Crippen LogP contribution in [0.15, 0.2) is 53.9 Å². The second-order valence-electron chi connectivity index (χ2n) is 10.2. The van der Waals surface area contributed by atoms with Gasteiger partial charge in [-0.3, -0.25) is 0 Å². The lowest BCUT2D eigenvalue weighted by atomic mass is 10.0. The number of hydrogen-bond acceptors (Lipinski definition) is 10. The highest BCUT2D eigenvalue weighted by molar-refractivity contribution is 7.17. The molecule has 2 aromatic heterocycles. The minimum Gasteiger partial charge on any atom is -0.494 e. The predicted octanol–water partition coefficient (Wildman–Crippen LogP) is 6.04. The second-order valence-corrected chi connectivity index (χ2v) is 11.1. The van der Waals surface area contributed by atoms with E-state index in [9.17, 15) is 4.79 Å². The van der Waals surface area contributed by atoms with E-state index >= 15 is 0 Å². The third-order valence-electron chi connectivity index (χ3n) is 7.81. The molecule has 4 heterocycles. The molecule has 208 valence electrons. The Morgan fingerprint density at radius 3 is 2.52 bits per heavy atom. The summed E-state index contributed by atoms with van der Waals surface area (Å²) in [4.78, 5) is 26.9. The fourth-order valence-corrected chi connectivity index (χ4v) is 6.48. The minimum absolute atomic E-state index is 0.414. The quantitative estimate of drug-likeness (QED) is 0.251. The molecule has 0 atom stereocenters. The van der Waals surface area contributed by atoms with Crippen LogP contribution in [0, 0.1) is 0 Å². The van der Waals surface area contributed by atoms with Crippen LogP contribution >= 0.6 is 11.3 Å². The van der Waals surface area contributed by atoms with Crippen molar-refractivity contribution >= 4 is 56.4 Å². The minimum atomic E-state index is -0.414. The first-order valence-electron chi connectivity index (χ1n) is 13.8. The number of fused-ring (bicyclic) bond motifs is 1. The highest BCUT2D eigenvalue weighted by Crippen LogP contribution is 2.35. The average Bonchev–Trinajstić information content (AvgIpc) is 3.70. The predicted molar refractivity (Wildman–Crippen MR) is 161 cm³/mol. The Bertz CT molecular complexity index is 1490. The molecular weight excluding hydrogens is 524 g/mol. The van der Waals surface area contributed by atoms with E-state index in [-0.39, 0.29) is 0 Å². The van der Waals surface area contributed by atoms with E-state index in [1.165, 1.54) is 62.9 Å². The Morgan fingerprint density at radius 2 is 1.75 bits per heavy atom. The van der Waals surface area contributed by atoms with Crippen molar-refractivity contribution in [3.8, 4) is 5.75 Å². The molecule has 2 aliphatic rings. The normalized spacial score (nSPS) is 16.3. The summed E-state index contributed by atoms with van der Waals surface area (Å²) < 4.78 is 11.6. The number of nitrogens with zero attached hydrogens (tertiary/aromatic N) is 4. The lowest BCUT2D eigenvalue weighted by Gasteiger charge is -2.38. The monoisotopic (exact) mass is 558 g/mol. The van der Waals surface area contributed by atoms with E-state index in [0.29, 0.717) is 29.1 Å². The molecule has 9 nitrogen and oxygen atoms in total. The van der Waals surface area contributed by atoms with Gasteiger partial charge in [-0.25, -0.2) is 9.78 Å². The van der Waals surface area contributed by atoms with E-state index in [4.69, 9.17) is 19.4 Å². The highest BCUT2D eigenvalue weighted by Gasteiger charge is 2.27. The molecule has 2 saturated heterocycles. The third-order valence-corrected chi connectivity index (χ3v) is 8.72. The van der Waals surface area contributed by atoms with Gasteiger partial charge in [-0.05, 0) is 74.5 Å². The maximum atomic E-state index is 12.3. The van der Waals surface area contributed by atoms with Crippen molar-refractivity contribution in [2.75, 3.05) is 55.9 Å². The van der Waals surface area contributed by atoms with Crippen molar-refractivity contribution in [3.05, 3.63) is 59.5 Å². The van der Waals surface area contributed by atoms with E-state index < -0.39 is 5.97 Å². The van der Waals surface area contributed by atoms with Crippen molar-refractivity contribution in [2.45, 2.75) is 31.7 Å². The molecule has 2 fully saturated rings. The Kier molecular flexibility index (Phi) is 7.70. The summed E-state index contributed by atoms with van der Waals surface area (Å²) in [5, 5.41) is 8.65. The Hall–Kier alpha value is -3.89. The maximum absolute atomic E-state index is 12.3. The summed E-state index contributed by atoms with van der Waals surface area (Å²) >= 11 is 1.54. The van der Waals surface area contributed by atoms with Gasteiger partial charge in [0.1, 0.15) is 5.75 Å². The van der Waals surface area contributed by atoms with E-state index in [2.05, 4.69) is 32.6 Å². The van der Waals surface area contributed by atoms with Crippen LogP contribution in [-0.4, -0.2) is 67.3 Å². The van der Waals surface area contributed by atoms with Crippen molar-refractivity contribution < 1.29 is 14.3 Å². The van der Waals surface area contributed by atoms with Gasteiger partial charge >= 0.3 is 5.97 Å². The SMILES string of the molecule is COC(=O)c1ccccc1Nc1nc(Nc2ccc(N3CCC(N4CCCC4)CC3)cc2OC)nc2ccsc12. The van der Waals surface area contributed by atoms with Crippen molar-refractivity contribution in [3.63, 3.8) is 0 Å². The summed E-state index contributed by atoms with van der Waals surface area (Å²) in [5.74, 6) is 1.36. The zero-order valence-corrected chi connectivity index (χ0v) is 23.7. The van der Waals surface area contributed by atoms with Crippen LogP contribution in [0.5, 0.6) is 5.75 Å². The molecule has 40 heavy (non-hydrogen) atoms. The lowest BCUT2D eigenvalue weighted by molar-refractivity contribution is 0.0602. The van der Waals surface area contributed by atoms with Crippen LogP contribution in [0.25, 0.3) is 10.2 Å². The number of nitrogens with one attached hydrogen (secondary N) is 2. The molecule has 2 aliphatic heterocycles.